The fourth-order valence-electron chi connectivity index (χ4n) is 2.26. The number of nitrogen functional groups attached to an aromatic ring is 1. The van der Waals surface area contributed by atoms with Gasteiger partial charge in [-0.25, -0.2) is 4.98 Å². The summed E-state index contributed by atoms with van der Waals surface area (Å²) in [6, 6.07) is 0. The van der Waals surface area contributed by atoms with Crippen LogP contribution in [0.25, 0.3) is 0 Å². The Balaban J connectivity index is 2.44. The van der Waals surface area contributed by atoms with E-state index < -0.39 is 0 Å². The maximum absolute atomic E-state index is 6.29. The highest BCUT2D eigenvalue weighted by Crippen LogP contribution is 2.43. The molecule has 0 aliphatic heterocycles. The zero-order valence-corrected chi connectivity index (χ0v) is 11.7. The molecule has 0 radical (unpaired) electrons. The Kier molecular flexibility index (Phi) is 2.96. The van der Waals surface area contributed by atoms with Gasteiger partial charge in [0.1, 0.15) is 11.6 Å². The van der Waals surface area contributed by atoms with Crippen LogP contribution in [0.5, 0.6) is 0 Å². The van der Waals surface area contributed by atoms with Crippen molar-refractivity contribution in [3.05, 3.63) is 11.5 Å². The highest BCUT2D eigenvalue weighted by molar-refractivity contribution is 5.43. The second-order valence-electron chi connectivity index (χ2n) is 6.73. The minimum Gasteiger partial charge on any atom is -0.384 e. The molecule has 3 heteroatoms. The number of hydrogen-bond donors (Lipinski definition) is 1. The molecule has 17 heavy (non-hydrogen) atoms. The van der Waals surface area contributed by atoms with Gasteiger partial charge >= 0.3 is 0 Å². The van der Waals surface area contributed by atoms with Gasteiger partial charge in [-0.2, -0.15) is 0 Å². The molecule has 0 bridgehead atoms. The molecule has 1 aliphatic carbocycles. The Bertz CT molecular complexity index is 406. The maximum Gasteiger partial charge on any atom is 0.127 e. The molecule has 1 aliphatic rings. The number of imidazole rings is 1. The van der Waals surface area contributed by atoms with Gasteiger partial charge in [0.25, 0.3) is 0 Å². The second-order valence-corrected chi connectivity index (χ2v) is 6.73. The van der Waals surface area contributed by atoms with Gasteiger partial charge in [-0.05, 0) is 18.8 Å². The van der Waals surface area contributed by atoms with Crippen LogP contribution in [0.15, 0.2) is 0 Å². The third kappa shape index (κ3) is 2.48. The Labute approximate surface area is 104 Å². The Morgan fingerprint density at radius 3 is 2.35 bits per heavy atom. The SMILES string of the molecule is CC(C)Cn1c(C(C)(C)C)nc(C2CC2)c1N. The lowest BCUT2D eigenvalue weighted by Crippen LogP contribution is -2.21. The summed E-state index contributed by atoms with van der Waals surface area (Å²) in [6.07, 6.45) is 2.51. The first-order chi connectivity index (χ1) is 7.80. The summed E-state index contributed by atoms with van der Waals surface area (Å²) in [5.41, 5.74) is 7.50. The van der Waals surface area contributed by atoms with Crippen molar-refractivity contribution in [3.8, 4) is 0 Å². The van der Waals surface area contributed by atoms with Gasteiger partial charge in [0.2, 0.25) is 0 Å². The zero-order valence-electron chi connectivity index (χ0n) is 11.7. The van der Waals surface area contributed by atoms with Gasteiger partial charge in [0, 0.05) is 17.9 Å². The molecule has 0 amide bonds. The molecule has 0 spiro atoms. The van der Waals surface area contributed by atoms with Crippen LogP contribution in [-0.2, 0) is 12.0 Å². The zero-order chi connectivity index (χ0) is 12.8. The summed E-state index contributed by atoms with van der Waals surface area (Å²) in [6.45, 7) is 12.1. The Morgan fingerprint density at radius 1 is 1.35 bits per heavy atom. The first kappa shape index (κ1) is 12.5. The lowest BCUT2D eigenvalue weighted by Gasteiger charge is -2.21. The van der Waals surface area contributed by atoms with Gasteiger partial charge in [0.05, 0.1) is 5.69 Å². The third-order valence-corrected chi connectivity index (χ3v) is 3.22. The van der Waals surface area contributed by atoms with Crippen LogP contribution < -0.4 is 5.73 Å². The highest BCUT2D eigenvalue weighted by Gasteiger charge is 2.33. The van der Waals surface area contributed by atoms with Crippen LogP contribution in [0.3, 0.4) is 0 Å². The molecule has 0 atom stereocenters. The van der Waals surface area contributed by atoms with E-state index in [1.165, 1.54) is 12.8 Å². The van der Waals surface area contributed by atoms with E-state index in [1.54, 1.807) is 0 Å². The molecule has 0 unspecified atom stereocenters. The molecule has 3 nitrogen and oxygen atoms in total. The summed E-state index contributed by atoms with van der Waals surface area (Å²) in [5.74, 6) is 3.28. The molecule has 0 aromatic carbocycles. The van der Waals surface area contributed by atoms with Crippen LogP contribution in [0, 0.1) is 5.92 Å². The number of nitrogens with two attached hydrogens (primary N) is 1. The Hall–Kier alpha value is -0.990. The minimum atomic E-state index is 0.0656. The summed E-state index contributed by atoms with van der Waals surface area (Å²) in [5, 5.41) is 0. The lowest BCUT2D eigenvalue weighted by atomic mass is 9.95. The van der Waals surface area contributed by atoms with Crippen molar-refractivity contribution in [2.75, 3.05) is 5.73 Å². The first-order valence-corrected chi connectivity index (χ1v) is 6.67. The highest BCUT2D eigenvalue weighted by atomic mass is 15.2. The molecule has 1 fully saturated rings. The first-order valence-electron chi connectivity index (χ1n) is 6.67. The van der Waals surface area contributed by atoms with Crippen molar-refractivity contribution >= 4 is 5.82 Å². The van der Waals surface area contributed by atoms with E-state index in [0.29, 0.717) is 11.8 Å². The molecule has 1 aromatic rings. The molecule has 0 saturated heterocycles. The number of hydrogen-bond acceptors (Lipinski definition) is 2. The van der Waals surface area contributed by atoms with Crippen molar-refractivity contribution in [2.45, 2.75) is 65.3 Å². The Morgan fingerprint density at radius 2 is 1.94 bits per heavy atom. The molecular weight excluding hydrogens is 210 g/mol. The number of nitrogens with zero attached hydrogens (tertiary/aromatic N) is 2. The van der Waals surface area contributed by atoms with Crippen LogP contribution in [0.4, 0.5) is 5.82 Å². The van der Waals surface area contributed by atoms with Crippen LogP contribution in [-0.4, -0.2) is 9.55 Å². The van der Waals surface area contributed by atoms with Crippen LogP contribution >= 0.6 is 0 Å². The van der Waals surface area contributed by atoms with Crippen molar-refractivity contribution in [2.24, 2.45) is 5.92 Å². The third-order valence-electron chi connectivity index (χ3n) is 3.22. The van der Waals surface area contributed by atoms with E-state index in [-0.39, 0.29) is 5.41 Å². The lowest BCUT2D eigenvalue weighted by molar-refractivity contribution is 0.454. The molecule has 96 valence electrons. The molecule has 1 saturated carbocycles. The van der Waals surface area contributed by atoms with Crippen molar-refractivity contribution in [3.63, 3.8) is 0 Å². The van der Waals surface area contributed by atoms with Gasteiger partial charge < -0.3 is 10.3 Å². The monoisotopic (exact) mass is 235 g/mol. The number of aromatic nitrogens is 2. The van der Waals surface area contributed by atoms with Crippen molar-refractivity contribution < 1.29 is 0 Å². The summed E-state index contributed by atoms with van der Waals surface area (Å²) >= 11 is 0. The second kappa shape index (κ2) is 4.04. The van der Waals surface area contributed by atoms with E-state index in [2.05, 4.69) is 39.2 Å². The standard InChI is InChI=1S/C14H25N3/c1-9(2)8-17-12(15)11(10-6-7-10)16-13(17)14(3,4)5/h9-10H,6-8,15H2,1-5H3. The van der Waals surface area contributed by atoms with Crippen molar-refractivity contribution in [1.29, 1.82) is 0 Å². The van der Waals surface area contributed by atoms with Crippen LogP contribution in [0.2, 0.25) is 0 Å². The van der Waals surface area contributed by atoms with Gasteiger partial charge in [-0.15, -0.1) is 0 Å². The average Bonchev–Trinajstić information content (AvgIpc) is 2.93. The van der Waals surface area contributed by atoms with Crippen molar-refractivity contribution in [1.82, 2.24) is 9.55 Å². The topological polar surface area (TPSA) is 43.8 Å². The van der Waals surface area contributed by atoms with E-state index >= 15 is 0 Å². The fraction of sp³-hybridized carbons (Fsp3) is 0.786. The van der Waals surface area contributed by atoms with Gasteiger partial charge in [0.15, 0.2) is 0 Å². The van der Waals surface area contributed by atoms with Crippen LogP contribution in [0.1, 0.15) is 64.9 Å². The van der Waals surface area contributed by atoms with E-state index in [4.69, 9.17) is 10.7 Å². The fourth-order valence-corrected chi connectivity index (χ4v) is 2.26. The number of rotatable bonds is 3. The van der Waals surface area contributed by atoms with E-state index in [9.17, 15) is 0 Å². The van der Waals surface area contributed by atoms with Gasteiger partial charge in [-0.1, -0.05) is 34.6 Å². The predicted octanol–water partition coefficient (Wildman–Crippen LogP) is 3.30. The summed E-state index contributed by atoms with van der Waals surface area (Å²) in [4.78, 5) is 4.83. The smallest absolute Gasteiger partial charge is 0.127 e. The largest absolute Gasteiger partial charge is 0.384 e. The average molecular weight is 235 g/mol. The quantitative estimate of drug-likeness (QED) is 0.873. The molecule has 1 aromatic heterocycles. The normalized spacial score (nSPS) is 16.8. The predicted molar refractivity (Wildman–Crippen MR) is 72.2 cm³/mol. The molecule has 2 rings (SSSR count). The number of anilines is 1. The van der Waals surface area contributed by atoms with E-state index in [0.717, 1.165) is 23.9 Å². The van der Waals surface area contributed by atoms with E-state index in [1.807, 2.05) is 0 Å². The van der Waals surface area contributed by atoms with Gasteiger partial charge in [-0.3, -0.25) is 0 Å². The maximum atomic E-state index is 6.29. The summed E-state index contributed by atoms with van der Waals surface area (Å²) in [7, 11) is 0. The minimum absolute atomic E-state index is 0.0656. The molecular formula is C14H25N3. The molecule has 2 N–H and O–H groups in total. The molecule has 1 heterocycles. The summed E-state index contributed by atoms with van der Waals surface area (Å²) < 4.78 is 2.23.